The summed E-state index contributed by atoms with van der Waals surface area (Å²) < 4.78 is 0. The highest BCUT2D eigenvalue weighted by molar-refractivity contribution is 5.31. The van der Waals surface area contributed by atoms with Crippen LogP contribution in [0.1, 0.15) is 26.2 Å². The molecule has 0 bridgehead atoms. The molecule has 2 N–H and O–H groups in total. The molecule has 84 valence electrons. The van der Waals surface area contributed by atoms with Crippen molar-refractivity contribution in [3.05, 3.63) is 18.3 Å². The number of nitrogens with one attached hydrogen (secondary N) is 1. The van der Waals surface area contributed by atoms with Gasteiger partial charge in [0.25, 0.3) is 0 Å². The van der Waals surface area contributed by atoms with Crippen molar-refractivity contribution in [1.82, 2.24) is 10.2 Å². The van der Waals surface area contributed by atoms with E-state index in [9.17, 15) is 0 Å². The highest BCUT2D eigenvalue weighted by atomic mass is 16.3. The molecule has 0 aliphatic heterocycles. The van der Waals surface area contributed by atoms with E-state index in [1.165, 1.54) is 0 Å². The van der Waals surface area contributed by atoms with Gasteiger partial charge in [0, 0.05) is 19.3 Å². The Bertz CT molecular complexity index is 247. The molecular weight excluding hydrogens is 190 g/mol. The summed E-state index contributed by atoms with van der Waals surface area (Å²) in [5, 5.41) is 19.9. The van der Waals surface area contributed by atoms with E-state index in [1.54, 1.807) is 6.20 Å². The molecule has 0 fully saturated rings. The maximum Gasteiger partial charge on any atom is 0.148 e. The van der Waals surface area contributed by atoms with Crippen LogP contribution in [-0.4, -0.2) is 28.5 Å². The zero-order chi connectivity index (χ0) is 10.9. The molecule has 0 saturated heterocycles. The minimum absolute atomic E-state index is 0.257. The van der Waals surface area contributed by atoms with E-state index in [2.05, 4.69) is 22.4 Å². The second kappa shape index (κ2) is 7.17. The van der Waals surface area contributed by atoms with Gasteiger partial charge >= 0.3 is 0 Å². The van der Waals surface area contributed by atoms with Gasteiger partial charge in [0.2, 0.25) is 0 Å². The van der Waals surface area contributed by atoms with Crippen LogP contribution in [-0.2, 0) is 0 Å². The minimum atomic E-state index is 0.257. The molecule has 1 rings (SSSR count). The van der Waals surface area contributed by atoms with Crippen LogP contribution in [0.5, 0.6) is 0 Å². The zero-order valence-electron chi connectivity index (χ0n) is 9.19. The van der Waals surface area contributed by atoms with Gasteiger partial charge in [-0.2, -0.15) is 5.10 Å². The lowest BCUT2D eigenvalue weighted by Crippen LogP contribution is -2.16. The average Bonchev–Trinajstić information content (AvgIpc) is 2.28. The van der Waals surface area contributed by atoms with Crippen LogP contribution in [0.4, 0.5) is 5.82 Å². The van der Waals surface area contributed by atoms with Gasteiger partial charge in [0.15, 0.2) is 0 Å². The highest BCUT2D eigenvalue weighted by Crippen LogP contribution is 2.11. The molecule has 0 aliphatic rings. The molecule has 0 aromatic carbocycles. The molecule has 1 unspecified atom stereocenters. The number of aliphatic hydroxyl groups excluding tert-OH is 1. The van der Waals surface area contributed by atoms with Crippen LogP contribution in [0, 0.1) is 5.92 Å². The average molecular weight is 209 g/mol. The van der Waals surface area contributed by atoms with Crippen molar-refractivity contribution in [3.8, 4) is 0 Å². The second-order valence-electron chi connectivity index (χ2n) is 3.66. The number of aliphatic hydroxyl groups is 1. The fourth-order valence-electron chi connectivity index (χ4n) is 1.58. The number of hydrogen-bond acceptors (Lipinski definition) is 4. The maximum atomic E-state index is 8.90. The summed E-state index contributed by atoms with van der Waals surface area (Å²) in [6, 6.07) is 3.76. The number of hydrogen-bond donors (Lipinski definition) is 2. The maximum absolute atomic E-state index is 8.90. The molecule has 0 radical (unpaired) electrons. The van der Waals surface area contributed by atoms with Crippen LogP contribution in [0.3, 0.4) is 0 Å². The Morgan fingerprint density at radius 2 is 2.33 bits per heavy atom. The summed E-state index contributed by atoms with van der Waals surface area (Å²) >= 11 is 0. The van der Waals surface area contributed by atoms with E-state index in [0.717, 1.165) is 31.6 Å². The predicted octanol–water partition coefficient (Wildman–Crippen LogP) is 1.69. The summed E-state index contributed by atoms with van der Waals surface area (Å²) in [6.07, 6.45) is 4.78. The third kappa shape index (κ3) is 4.74. The van der Waals surface area contributed by atoms with Crippen LogP contribution in [0.2, 0.25) is 0 Å². The largest absolute Gasteiger partial charge is 0.396 e. The van der Waals surface area contributed by atoms with Crippen molar-refractivity contribution < 1.29 is 5.11 Å². The van der Waals surface area contributed by atoms with Crippen LogP contribution in [0.25, 0.3) is 0 Å². The first-order valence-corrected chi connectivity index (χ1v) is 5.49. The number of rotatable bonds is 7. The highest BCUT2D eigenvalue weighted by Gasteiger charge is 2.06. The van der Waals surface area contributed by atoms with Crippen molar-refractivity contribution in [1.29, 1.82) is 0 Å². The summed E-state index contributed by atoms with van der Waals surface area (Å²) in [6.45, 7) is 3.27. The van der Waals surface area contributed by atoms with Gasteiger partial charge in [-0.25, -0.2) is 0 Å². The Morgan fingerprint density at radius 1 is 1.47 bits per heavy atom. The first-order chi connectivity index (χ1) is 7.36. The van der Waals surface area contributed by atoms with Crippen LogP contribution >= 0.6 is 0 Å². The van der Waals surface area contributed by atoms with E-state index in [0.29, 0.717) is 5.92 Å². The Labute approximate surface area is 90.7 Å². The summed E-state index contributed by atoms with van der Waals surface area (Å²) in [7, 11) is 0. The molecule has 0 aliphatic carbocycles. The Hall–Kier alpha value is -1.16. The molecule has 0 amide bonds. The summed E-state index contributed by atoms with van der Waals surface area (Å²) in [5.74, 6) is 1.32. The molecule has 4 nitrogen and oxygen atoms in total. The lowest BCUT2D eigenvalue weighted by atomic mass is 10.0. The molecule has 15 heavy (non-hydrogen) atoms. The van der Waals surface area contributed by atoms with Gasteiger partial charge in [0.05, 0.1) is 0 Å². The second-order valence-corrected chi connectivity index (χ2v) is 3.66. The smallest absolute Gasteiger partial charge is 0.148 e. The standard InChI is InChI=1S/C11H19N3O/c1-2-4-10(6-8-15)9-12-11-5-3-7-13-14-11/h3,5,7,10,15H,2,4,6,8-9H2,1H3,(H,12,14). The monoisotopic (exact) mass is 209 g/mol. The molecule has 1 atom stereocenters. The Kier molecular flexibility index (Phi) is 5.70. The number of anilines is 1. The van der Waals surface area contributed by atoms with Crippen molar-refractivity contribution in [3.63, 3.8) is 0 Å². The Balaban J connectivity index is 2.33. The van der Waals surface area contributed by atoms with E-state index < -0.39 is 0 Å². The Morgan fingerprint density at radius 3 is 2.93 bits per heavy atom. The minimum Gasteiger partial charge on any atom is -0.396 e. The van der Waals surface area contributed by atoms with E-state index >= 15 is 0 Å². The lowest BCUT2D eigenvalue weighted by Gasteiger charge is -2.15. The molecule has 1 aromatic rings. The molecular formula is C11H19N3O. The van der Waals surface area contributed by atoms with Crippen LogP contribution < -0.4 is 5.32 Å². The van der Waals surface area contributed by atoms with E-state index in [-0.39, 0.29) is 6.61 Å². The van der Waals surface area contributed by atoms with Crippen molar-refractivity contribution in [2.24, 2.45) is 5.92 Å². The quantitative estimate of drug-likeness (QED) is 0.717. The number of nitrogens with zero attached hydrogens (tertiary/aromatic N) is 2. The van der Waals surface area contributed by atoms with Crippen molar-refractivity contribution >= 4 is 5.82 Å². The third-order valence-electron chi connectivity index (χ3n) is 2.38. The lowest BCUT2D eigenvalue weighted by molar-refractivity contribution is 0.255. The van der Waals surface area contributed by atoms with Gasteiger partial charge in [0.1, 0.15) is 5.82 Å². The molecule has 1 heterocycles. The molecule has 0 saturated carbocycles. The molecule has 1 aromatic heterocycles. The zero-order valence-corrected chi connectivity index (χ0v) is 9.19. The molecule has 0 spiro atoms. The fourth-order valence-corrected chi connectivity index (χ4v) is 1.58. The fraction of sp³-hybridized carbons (Fsp3) is 0.636. The SMILES string of the molecule is CCCC(CCO)CNc1cccnn1. The summed E-state index contributed by atoms with van der Waals surface area (Å²) in [5.41, 5.74) is 0. The van der Waals surface area contributed by atoms with Gasteiger partial charge < -0.3 is 10.4 Å². The summed E-state index contributed by atoms with van der Waals surface area (Å²) in [4.78, 5) is 0. The molecule has 4 heteroatoms. The van der Waals surface area contributed by atoms with Gasteiger partial charge in [-0.05, 0) is 30.9 Å². The predicted molar refractivity (Wildman–Crippen MR) is 60.6 cm³/mol. The topological polar surface area (TPSA) is 58.0 Å². The van der Waals surface area contributed by atoms with E-state index in [1.807, 2.05) is 12.1 Å². The normalized spacial score (nSPS) is 12.4. The van der Waals surface area contributed by atoms with E-state index in [4.69, 9.17) is 5.11 Å². The van der Waals surface area contributed by atoms with Crippen LogP contribution in [0.15, 0.2) is 18.3 Å². The van der Waals surface area contributed by atoms with Gasteiger partial charge in [-0.3, -0.25) is 0 Å². The van der Waals surface area contributed by atoms with Gasteiger partial charge in [-0.1, -0.05) is 13.3 Å². The first kappa shape index (κ1) is 11.9. The van der Waals surface area contributed by atoms with Crippen molar-refractivity contribution in [2.45, 2.75) is 26.2 Å². The van der Waals surface area contributed by atoms with Gasteiger partial charge in [-0.15, -0.1) is 5.10 Å². The first-order valence-electron chi connectivity index (χ1n) is 5.49. The third-order valence-corrected chi connectivity index (χ3v) is 2.38. The van der Waals surface area contributed by atoms with Crippen molar-refractivity contribution in [2.75, 3.05) is 18.5 Å². The number of aromatic nitrogens is 2.